The summed E-state index contributed by atoms with van der Waals surface area (Å²) in [5, 5.41) is 9.04. The molecule has 2 N–H and O–H groups in total. The van der Waals surface area contributed by atoms with Crippen molar-refractivity contribution < 1.29 is 18.3 Å². The smallest absolute Gasteiger partial charge is 0.321 e. The molecule has 0 aliphatic carbocycles. The molecule has 0 radical (unpaired) electrons. The lowest BCUT2D eigenvalue weighted by Crippen LogP contribution is -2.40. The predicted octanol–water partition coefficient (Wildman–Crippen LogP) is 2.23. The quantitative estimate of drug-likeness (QED) is 0.771. The first-order chi connectivity index (χ1) is 8.90. The molecule has 0 amide bonds. The summed E-state index contributed by atoms with van der Waals surface area (Å²) in [5.41, 5.74) is 0. The standard InChI is InChI=1S/C12H19NO4S2/c1-3-5-6-10(12(14)15)13-19(16,17)11-8-7-9(4-2)18-11/h7-8,10,13H,3-6H2,1-2H3,(H,14,15). The third-order valence-electron chi connectivity index (χ3n) is 2.69. The van der Waals surface area contributed by atoms with Gasteiger partial charge in [0.25, 0.3) is 10.0 Å². The van der Waals surface area contributed by atoms with Crippen LogP contribution >= 0.6 is 11.3 Å². The number of unbranched alkanes of at least 4 members (excludes halogenated alkanes) is 1. The molecule has 108 valence electrons. The van der Waals surface area contributed by atoms with E-state index in [1.54, 1.807) is 6.07 Å². The fourth-order valence-electron chi connectivity index (χ4n) is 1.58. The van der Waals surface area contributed by atoms with Crippen LogP contribution in [-0.2, 0) is 21.2 Å². The predicted molar refractivity (Wildman–Crippen MR) is 75.0 cm³/mol. The van der Waals surface area contributed by atoms with Crippen LogP contribution in [0.1, 0.15) is 38.0 Å². The van der Waals surface area contributed by atoms with E-state index < -0.39 is 22.0 Å². The first-order valence-electron chi connectivity index (χ1n) is 6.24. The molecule has 0 fully saturated rings. The number of hydrogen-bond acceptors (Lipinski definition) is 4. The zero-order valence-electron chi connectivity index (χ0n) is 11.0. The molecule has 19 heavy (non-hydrogen) atoms. The summed E-state index contributed by atoms with van der Waals surface area (Å²) >= 11 is 1.17. The van der Waals surface area contributed by atoms with Gasteiger partial charge in [0.05, 0.1) is 0 Å². The average Bonchev–Trinajstić information content (AvgIpc) is 2.83. The number of nitrogens with one attached hydrogen (secondary N) is 1. The van der Waals surface area contributed by atoms with Crippen molar-refractivity contribution in [3.05, 3.63) is 17.0 Å². The summed E-state index contributed by atoms with van der Waals surface area (Å²) in [7, 11) is -3.74. The highest BCUT2D eigenvalue weighted by Crippen LogP contribution is 2.22. The first kappa shape index (κ1) is 16.1. The number of aryl methyl sites for hydroxylation is 1. The van der Waals surface area contributed by atoms with Crippen LogP contribution in [-0.4, -0.2) is 25.5 Å². The van der Waals surface area contributed by atoms with Gasteiger partial charge in [-0.2, -0.15) is 4.72 Å². The summed E-state index contributed by atoms with van der Waals surface area (Å²) in [5.74, 6) is -1.13. The van der Waals surface area contributed by atoms with Gasteiger partial charge in [-0.1, -0.05) is 26.7 Å². The topological polar surface area (TPSA) is 83.5 Å². The van der Waals surface area contributed by atoms with Gasteiger partial charge in [0.15, 0.2) is 0 Å². The Balaban J connectivity index is 2.84. The Morgan fingerprint density at radius 2 is 2.11 bits per heavy atom. The van der Waals surface area contributed by atoms with Crippen molar-refractivity contribution in [2.24, 2.45) is 0 Å². The van der Waals surface area contributed by atoms with Crippen molar-refractivity contribution in [2.75, 3.05) is 0 Å². The Hall–Kier alpha value is -0.920. The SMILES string of the molecule is CCCCC(NS(=O)(=O)c1ccc(CC)s1)C(=O)O. The lowest BCUT2D eigenvalue weighted by Gasteiger charge is -2.13. The summed E-state index contributed by atoms with van der Waals surface area (Å²) in [4.78, 5) is 12.0. The monoisotopic (exact) mass is 305 g/mol. The van der Waals surface area contributed by atoms with Crippen LogP contribution < -0.4 is 4.72 Å². The van der Waals surface area contributed by atoms with Crippen LogP contribution in [0.5, 0.6) is 0 Å². The Labute approximate surface area is 117 Å². The highest BCUT2D eigenvalue weighted by Gasteiger charge is 2.25. The van der Waals surface area contributed by atoms with E-state index in [4.69, 9.17) is 5.11 Å². The minimum absolute atomic E-state index is 0.173. The molecular formula is C12H19NO4S2. The fraction of sp³-hybridized carbons (Fsp3) is 0.583. The maximum absolute atomic E-state index is 12.1. The molecule has 7 heteroatoms. The van der Waals surface area contributed by atoms with E-state index in [9.17, 15) is 13.2 Å². The van der Waals surface area contributed by atoms with Crippen LogP contribution in [0.3, 0.4) is 0 Å². The Morgan fingerprint density at radius 3 is 2.58 bits per heavy atom. The van der Waals surface area contributed by atoms with Gasteiger partial charge in [-0.05, 0) is 25.0 Å². The summed E-state index contributed by atoms with van der Waals surface area (Å²) < 4.78 is 26.6. The van der Waals surface area contributed by atoms with Gasteiger partial charge < -0.3 is 5.11 Å². The molecule has 1 heterocycles. The molecule has 0 aliphatic rings. The number of carboxylic acids is 1. The number of carboxylic acid groups (broad SMARTS) is 1. The molecule has 1 aromatic rings. The summed E-state index contributed by atoms with van der Waals surface area (Å²) in [6.45, 7) is 3.87. The number of hydrogen-bond donors (Lipinski definition) is 2. The normalized spacial score (nSPS) is 13.4. The maximum atomic E-state index is 12.1. The van der Waals surface area contributed by atoms with E-state index in [1.165, 1.54) is 17.4 Å². The molecule has 0 aliphatic heterocycles. The molecular weight excluding hydrogens is 286 g/mol. The second-order valence-corrected chi connectivity index (χ2v) is 7.34. The molecule has 1 rings (SSSR count). The van der Waals surface area contributed by atoms with Gasteiger partial charge in [0, 0.05) is 4.88 Å². The fourth-order valence-corrected chi connectivity index (χ4v) is 4.11. The second kappa shape index (κ2) is 7.02. The Kier molecular flexibility index (Phi) is 5.96. The summed E-state index contributed by atoms with van der Waals surface area (Å²) in [6.07, 6.45) is 2.56. The third kappa shape index (κ3) is 4.59. The Morgan fingerprint density at radius 1 is 1.42 bits per heavy atom. The number of rotatable bonds is 8. The van der Waals surface area contributed by atoms with E-state index in [0.717, 1.165) is 17.7 Å². The van der Waals surface area contributed by atoms with E-state index in [0.29, 0.717) is 12.8 Å². The van der Waals surface area contributed by atoms with Crippen LogP contribution in [0.2, 0.25) is 0 Å². The van der Waals surface area contributed by atoms with Gasteiger partial charge in [-0.15, -0.1) is 11.3 Å². The van der Waals surface area contributed by atoms with Gasteiger partial charge >= 0.3 is 5.97 Å². The Bertz CT molecular complexity index is 522. The zero-order valence-corrected chi connectivity index (χ0v) is 12.7. The van der Waals surface area contributed by atoms with Crippen LogP contribution in [0.4, 0.5) is 0 Å². The van der Waals surface area contributed by atoms with E-state index >= 15 is 0 Å². The molecule has 0 saturated heterocycles. The van der Waals surface area contributed by atoms with E-state index in [-0.39, 0.29) is 4.21 Å². The largest absolute Gasteiger partial charge is 0.480 e. The van der Waals surface area contributed by atoms with Gasteiger partial charge in [0.1, 0.15) is 10.3 Å². The number of sulfonamides is 1. The summed E-state index contributed by atoms with van der Waals surface area (Å²) in [6, 6.07) is 2.21. The highest BCUT2D eigenvalue weighted by atomic mass is 32.2. The van der Waals surface area contributed by atoms with Crippen molar-refractivity contribution in [2.45, 2.75) is 49.8 Å². The lowest BCUT2D eigenvalue weighted by atomic mass is 10.1. The lowest BCUT2D eigenvalue weighted by molar-refractivity contribution is -0.139. The molecule has 0 bridgehead atoms. The van der Waals surface area contributed by atoms with Crippen molar-refractivity contribution in [3.63, 3.8) is 0 Å². The highest BCUT2D eigenvalue weighted by molar-refractivity contribution is 7.91. The zero-order chi connectivity index (χ0) is 14.5. The van der Waals surface area contributed by atoms with Crippen LogP contribution in [0.15, 0.2) is 16.3 Å². The van der Waals surface area contributed by atoms with Gasteiger partial charge in [0.2, 0.25) is 0 Å². The van der Waals surface area contributed by atoms with Crippen molar-refractivity contribution in [1.29, 1.82) is 0 Å². The van der Waals surface area contributed by atoms with E-state index in [1.807, 2.05) is 13.8 Å². The maximum Gasteiger partial charge on any atom is 0.321 e. The molecule has 1 unspecified atom stereocenters. The van der Waals surface area contributed by atoms with E-state index in [2.05, 4.69) is 4.72 Å². The molecule has 0 saturated carbocycles. The van der Waals surface area contributed by atoms with Crippen LogP contribution in [0.25, 0.3) is 0 Å². The number of aliphatic carboxylic acids is 1. The van der Waals surface area contributed by atoms with Crippen molar-refractivity contribution >= 4 is 27.3 Å². The molecule has 1 aromatic heterocycles. The molecule has 5 nitrogen and oxygen atoms in total. The van der Waals surface area contributed by atoms with Gasteiger partial charge in [-0.25, -0.2) is 8.42 Å². The third-order valence-corrected chi connectivity index (χ3v) is 5.89. The minimum Gasteiger partial charge on any atom is -0.480 e. The molecule has 0 spiro atoms. The minimum atomic E-state index is -3.74. The van der Waals surface area contributed by atoms with Gasteiger partial charge in [-0.3, -0.25) is 4.79 Å². The van der Waals surface area contributed by atoms with Crippen LogP contribution in [0, 0.1) is 0 Å². The first-order valence-corrected chi connectivity index (χ1v) is 8.54. The molecule has 1 atom stereocenters. The molecule has 0 aromatic carbocycles. The van der Waals surface area contributed by atoms with Crippen molar-refractivity contribution in [1.82, 2.24) is 4.72 Å². The second-order valence-electron chi connectivity index (χ2n) is 4.23. The average molecular weight is 305 g/mol. The number of carbonyl (C=O) groups is 1. The number of thiophene rings is 1. The van der Waals surface area contributed by atoms with Crippen molar-refractivity contribution in [3.8, 4) is 0 Å².